The zero-order chi connectivity index (χ0) is 26.1. The lowest BCUT2D eigenvalue weighted by Gasteiger charge is -2.40. The molecule has 2 rings (SSSR count). The predicted octanol–water partition coefficient (Wildman–Crippen LogP) is 6.60. The predicted molar refractivity (Wildman–Crippen MR) is 141 cm³/mol. The summed E-state index contributed by atoms with van der Waals surface area (Å²) in [6.07, 6.45) is 1.38. The van der Waals surface area contributed by atoms with Crippen molar-refractivity contribution in [1.29, 1.82) is 0 Å². The Morgan fingerprint density at radius 1 is 1.21 bits per heavy atom. The lowest BCUT2D eigenvalue weighted by molar-refractivity contribution is 0.0488. The number of fused-ring (bicyclic) bond motifs is 1. The molecule has 0 aliphatic heterocycles. The topological polar surface area (TPSA) is 69.6 Å². The summed E-state index contributed by atoms with van der Waals surface area (Å²) in [5, 5.41) is 3.81. The molecule has 1 aromatic carbocycles. The van der Waals surface area contributed by atoms with E-state index in [-0.39, 0.29) is 22.7 Å². The van der Waals surface area contributed by atoms with Crippen LogP contribution in [-0.2, 0) is 15.7 Å². The molecule has 1 amide bonds. The van der Waals surface area contributed by atoms with Crippen LogP contribution in [0.2, 0.25) is 18.1 Å². The third-order valence-electron chi connectivity index (χ3n) is 6.07. The van der Waals surface area contributed by atoms with Crippen molar-refractivity contribution in [3.8, 4) is 0 Å². The number of hydrogen-bond donors (Lipinski definition) is 1. The average Bonchev–Trinajstić information content (AvgIpc) is 2.62. The molecule has 0 bridgehead atoms. The van der Waals surface area contributed by atoms with Crippen molar-refractivity contribution >= 4 is 41.1 Å². The monoisotopic (exact) mass is 556 g/mol. The van der Waals surface area contributed by atoms with Crippen molar-refractivity contribution in [2.45, 2.75) is 97.3 Å². The highest BCUT2D eigenvalue weighted by Gasteiger charge is 2.39. The second-order valence-corrected chi connectivity index (χ2v) is 17.0. The van der Waals surface area contributed by atoms with Crippen LogP contribution in [-0.4, -0.2) is 36.7 Å². The Bertz CT molecular complexity index is 1090. The van der Waals surface area contributed by atoms with E-state index >= 15 is 0 Å². The summed E-state index contributed by atoms with van der Waals surface area (Å²) in [7, 11) is -2.18. The van der Waals surface area contributed by atoms with Gasteiger partial charge < -0.3 is 19.0 Å². The highest BCUT2D eigenvalue weighted by Crippen LogP contribution is 2.38. The molecule has 0 spiro atoms. The van der Waals surface area contributed by atoms with E-state index in [9.17, 15) is 14.0 Å². The van der Waals surface area contributed by atoms with E-state index in [4.69, 9.17) is 9.16 Å². The van der Waals surface area contributed by atoms with Gasteiger partial charge in [-0.3, -0.25) is 4.79 Å². The molecule has 0 fully saturated rings. The maximum Gasteiger partial charge on any atom is 0.407 e. The van der Waals surface area contributed by atoms with Gasteiger partial charge in [-0.1, -0.05) is 20.8 Å². The Morgan fingerprint density at radius 2 is 1.82 bits per heavy atom. The Morgan fingerprint density at radius 3 is 2.38 bits per heavy atom. The molecule has 190 valence electrons. The molecule has 0 saturated heterocycles. The number of amides is 1. The third-order valence-corrected chi connectivity index (χ3v) is 11.2. The van der Waals surface area contributed by atoms with Gasteiger partial charge in [-0.15, -0.1) is 0 Å². The van der Waals surface area contributed by atoms with Gasteiger partial charge in [-0.05, 0) is 91.8 Å². The van der Waals surface area contributed by atoms with E-state index in [1.54, 1.807) is 22.9 Å². The van der Waals surface area contributed by atoms with Crippen LogP contribution >= 0.6 is 15.9 Å². The summed E-state index contributed by atoms with van der Waals surface area (Å²) in [5.74, 6) is -0.480. The van der Waals surface area contributed by atoms with Gasteiger partial charge in [0.1, 0.15) is 11.4 Å². The summed E-state index contributed by atoms with van der Waals surface area (Å²) < 4.78 is 28.1. The number of halogens is 2. The van der Waals surface area contributed by atoms with Gasteiger partial charge in [0, 0.05) is 12.2 Å². The number of nitrogens with zero attached hydrogens (tertiary/aromatic N) is 1. The molecule has 2 aromatic rings. The quantitative estimate of drug-likeness (QED) is 0.390. The zero-order valence-corrected chi connectivity index (χ0v) is 24.3. The molecule has 1 unspecified atom stereocenters. The maximum absolute atomic E-state index is 14.1. The molecular formula is C25H38BrFN2O4Si. The lowest BCUT2D eigenvalue weighted by Crippen LogP contribution is -2.47. The van der Waals surface area contributed by atoms with Crippen LogP contribution in [0.15, 0.2) is 33.7 Å². The second kappa shape index (κ2) is 10.5. The number of aromatic nitrogens is 1. The minimum Gasteiger partial charge on any atom is -0.444 e. The van der Waals surface area contributed by atoms with Gasteiger partial charge in [0.05, 0.1) is 22.5 Å². The van der Waals surface area contributed by atoms with Crippen LogP contribution in [0.3, 0.4) is 0 Å². The van der Waals surface area contributed by atoms with Crippen molar-refractivity contribution in [3.05, 3.63) is 45.0 Å². The number of carbonyl (C=O) groups is 1. The van der Waals surface area contributed by atoms with Crippen LogP contribution in [0.1, 0.15) is 54.9 Å². The zero-order valence-electron chi connectivity index (χ0n) is 21.7. The highest BCUT2D eigenvalue weighted by atomic mass is 79.9. The first-order valence-corrected chi connectivity index (χ1v) is 15.3. The number of rotatable bonds is 7. The van der Waals surface area contributed by atoms with Crippen molar-refractivity contribution in [2.75, 3.05) is 0 Å². The molecule has 1 N–H and O–H groups in total. The number of carbonyl (C=O) groups excluding carboxylic acids is 1. The highest BCUT2D eigenvalue weighted by molar-refractivity contribution is 9.10. The fourth-order valence-electron chi connectivity index (χ4n) is 3.36. The van der Waals surface area contributed by atoms with Crippen molar-refractivity contribution in [1.82, 2.24) is 9.88 Å². The number of pyridine rings is 1. The van der Waals surface area contributed by atoms with Crippen LogP contribution in [0.25, 0.3) is 10.8 Å². The third kappa shape index (κ3) is 7.65. The van der Waals surface area contributed by atoms with E-state index in [0.29, 0.717) is 28.2 Å². The minimum absolute atomic E-state index is 0.0309. The molecule has 9 heteroatoms. The van der Waals surface area contributed by atoms with Gasteiger partial charge >= 0.3 is 6.09 Å². The van der Waals surface area contributed by atoms with E-state index in [2.05, 4.69) is 55.1 Å². The van der Waals surface area contributed by atoms with E-state index in [1.807, 2.05) is 27.7 Å². The van der Waals surface area contributed by atoms with E-state index in [1.165, 1.54) is 6.07 Å². The Balaban J connectivity index is 2.33. The smallest absolute Gasteiger partial charge is 0.407 e. The number of alkyl carbamates (subject to hydrolysis) is 1. The van der Waals surface area contributed by atoms with Crippen LogP contribution < -0.4 is 10.9 Å². The number of ether oxygens (including phenoxy) is 1. The molecule has 34 heavy (non-hydrogen) atoms. The molecule has 0 radical (unpaired) electrons. The molecule has 0 aliphatic rings. The minimum atomic E-state index is -2.18. The fraction of sp³-hybridized carbons (Fsp3) is 0.600. The van der Waals surface area contributed by atoms with Gasteiger partial charge in [-0.25, -0.2) is 9.18 Å². The number of hydrogen-bond acceptors (Lipinski definition) is 4. The Hall–Kier alpha value is -1.71. The van der Waals surface area contributed by atoms with Crippen LogP contribution in [0.5, 0.6) is 0 Å². The molecular weight excluding hydrogens is 519 g/mol. The van der Waals surface area contributed by atoms with Gasteiger partial charge in [0.25, 0.3) is 5.56 Å². The summed E-state index contributed by atoms with van der Waals surface area (Å²) in [6.45, 7) is 18.4. The first kappa shape index (κ1) is 28.5. The molecule has 1 heterocycles. The van der Waals surface area contributed by atoms with Crippen molar-refractivity contribution in [2.24, 2.45) is 0 Å². The summed E-state index contributed by atoms with van der Waals surface area (Å²) in [6, 6.07) is 4.42. The fourth-order valence-corrected chi connectivity index (χ4v) is 5.08. The Labute approximate surface area is 211 Å². The normalized spacial score (nSPS) is 14.7. The van der Waals surface area contributed by atoms with Crippen LogP contribution in [0, 0.1) is 5.82 Å². The molecule has 2 atom stereocenters. The largest absolute Gasteiger partial charge is 0.444 e. The Kier molecular flexibility index (Phi) is 8.81. The first-order valence-electron chi connectivity index (χ1n) is 11.5. The van der Waals surface area contributed by atoms with Gasteiger partial charge in [0.15, 0.2) is 8.32 Å². The maximum atomic E-state index is 14.1. The van der Waals surface area contributed by atoms with E-state index in [0.717, 1.165) is 0 Å². The molecule has 1 aromatic heterocycles. The number of benzene rings is 1. The van der Waals surface area contributed by atoms with Gasteiger partial charge in [0.2, 0.25) is 0 Å². The number of nitrogens with one attached hydrogen (secondary N) is 1. The molecule has 0 aliphatic carbocycles. The van der Waals surface area contributed by atoms with E-state index < -0.39 is 25.8 Å². The summed E-state index contributed by atoms with van der Waals surface area (Å²) >= 11 is 3.17. The summed E-state index contributed by atoms with van der Waals surface area (Å²) in [4.78, 5) is 25.4. The SMILES string of the molecule is C[C@@H](CC(Cn1ccc2cc(Br)c(F)cc2c1=O)O[Si](C)(C)C(C)(C)C)NC(=O)OC(C)(C)C. The average molecular weight is 558 g/mol. The first-order chi connectivity index (χ1) is 15.4. The molecule has 6 nitrogen and oxygen atoms in total. The van der Waals surface area contributed by atoms with Crippen LogP contribution in [0.4, 0.5) is 9.18 Å². The van der Waals surface area contributed by atoms with Crippen molar-refractivity contribution < 1.29 is 18.3 Å². The lowest BCUT2D eigenvalue weighted by atomic mass is 10.1. The van der Waals surface area contributed by atoms with Crippen molar-refractivity contribution in [3.63, 3.8) is 0 Å². The molecule has 0 saturated carbocycles. The summed E-state index contributed by atoms with van der Waals surface area (Å²) in [5.41, 5.74) is -0.871. The van der Waals surface area contributed by atoms with Gasteiger partial charge in [-0.2, -0.15) is 0 Å². The standard InChI is InChI=1S/C25H38BrFN2O4Si/c1-16(28-23(31)32-24(2,3)4)12-18(33-34(8,9)25(5,6)7)15-29-11-10-17-13-20(26)21(27)14-19(17)22(29)30/h10-11,13-14,16,18H,12,15H2,1-9H3,(H,28,31)/t16-,18?/m0/s1. The second-order valence-electron chi connectivity index (χ2n) is 11.4.